The standard InChI is InChI=1S/C11H12N/c1-9-7-8-12(2)11(9)10-5-3-4-6-10/h3,5,7-8H,4H2,1-2H3. The molecule has 1 aliphatic carbocycles. The van der Waals surface area contributed by atoms with Crippen molar-refractivity contribution in [1.29, 1.82) is 0 Å². The lowest BCUT2D eigenvalue weighted by Gasteiger charge is -2.03. The van der Waals surface area contributed by atoms with Crippen molar-refractivity contribution in [2.45, 2.75) is 13.3 Å². The molecule has 0 fully saturated rings. The Balaban J connectivity index is 2.51. The van der Waals surface area contributed by atoms with E-state index in [2.05, 4.69) is 49.0 Å². The largest absolute Gasteiger partial charge is 0.350 e. The van der Waals surface area contributed by atoms with Crippen molar-refractivity contribution in [1.82, 2.24) is 4.57 Å². The molecule has 1 aromatic heterocycles. The van der Waals surface area contributed by atoms with E-state index in [9.17, 15) is 0 Å². The summed E-state index contributed by atoms with van der Waals surface area (Å²) in [6.45, 7) is 2.14. The van der Waals surface area contributed by atoms with Crippen LogP contribution in [0, 0.1) is 13.0 Å². The van der Waals surface area contributed by atoms with Crippen molar-refractivity contribution < 1.29 is 0 Å². The van der Waals surface area contributed by atoms with Gasteiger partial charge < -0.3 is 4.57 Å². The van der Waals surface area contributed by atoms with E-state index in [1.807, 2.05) is 0 Å². The van der Waals surface area contributed by atoms with Crippen molar-refractivity contribution in [3.63, 3.8) is 0 Å². The zero-order chi connectivity index (χ0) is 8.55. The summed E-state index contributed by atoms with van der Waals surface area (Å²) < 4.78 is 2.15. The molecule has 0 amide bonds. The Kier molecular flexibility index (Phi) is 1.65. The second kappa shape index (κ2) is 2.67. The van der Waals surface area contributed by atoms with Crippen LogP contribution in [0.25, 0.3) is 5.57 Å². The van der Waals surface area contributed by atoms with E-state index in [0.717, 1.165) is 6.42 Å². The first-order valence-electron chi connectivity index (χ1n) is 4.18. The maximum atomic E-state index is 3.33. The number of aromatic nitrogens is 1. The van der Waals surface area contributed by atoms with Crippen molar-refractivity contribution >= 4 is 5.57 Å². The Hall–Kier alpha value is -1.24. The Bertz CT molecular complexity index is 334. The molecular weight excluding hydrogens is 146 g/mol. The molecule has 0 saturated heterocycles. The molecule has 61 valence electrons. The van der Waals surface area contributed by atoms with Gasteiger partial charge in [0.05, 0.1) is 5.69 Å². The van der Waals surface area contributed by atoms with Crippen LogP contribution in [0.2, 0.25) is 0 Å². The lowest BCUT2D eigenvalue weighted by atomic mass is 10.1. The van der Waals surface area contributed by atoms with Gasteiger partial charge in [0.15, 0.2) is 0 Å². The van der Waals surface area contributed by atoms with Crippen molar-refractivity contribution in [3.05, 3.63) is 41.7 Å². The number of rotatable bonds is 1. The van der Waals surface area contributed by atoms with Crippen LogP contribution < -0.4 is 0 Å². The molecule has 0 saturated carbocycles. The van der Waals surface area contributed by atoms with E-state index >= 15 is 0 Å². The highest BCUT2D eigenvalue weighted by Crippen LogP contribution is 2.23. The molecule has 1 heteroatoms. The fraction of sp³-hybridized carbons (Fsp3) is 0.273. The summed E-state index contributed by atoms with van der Waals surface area (Å²) in [6.07, 6.45) is 10.7. The highest BCUT2D eigenvalue weighted by molar-refractivity contribution is 5.74. The van der Waals surface area contributed by atoms with Gasteiger partial charge in [0, 0.05) is 18.8 Å². The molecular formula is C11H12N. The van der Waals surface area contributed by atoms with Gasteiger partial charge in [-0.1, -0.05) is 12.2 Å². The highest BCUT2D eigenvalue weighted by Gasteiger charge is 2.08. The highest BCUT2D eigenvalue weighted by atomic mass is 14.9. The zero-order valence-corrected chi connectivity index (χ0v) is 7.46. The molecule has 0 atom stereocenters. The first-order valence-corrected chi connectivity index (χ1v) is 4.18. The predicted octanol–water partition coefficient (Wildman–Crippen LogP) is 2.48. The molecule has 0 aromatic carbocycles. The summed E-state index contributed by atoms with van der Waals surface area (Å²) in [5.41, 5.74) is 3.86. The first kappa shape index (κ1) is 7.41. The van der Waals surface area contributed by atoms with E-state index in [4.69, 9.17) is 0 Å². The minimum absolute atomic E-state index is 0.958. The van der Waals surface area contributed by atoms with E-state index in [0.29, 0.717) is 0 Å². The van der Waals surface area contributed by atoms with Crippen LogP contribution in [0.3, 0.4) is 0 Å². The van der Waals surface area contributed by atoms with Gasteiger partial charge in [-0.15, -0.1) is 0 Å². The number of allylic oxidation sites excluding steroid dienone is 4. The summed E-state index contributed by atoms with van der Waals surface area (Å²) >= 11 is 0. The van der Waals surface area contributed by atoms with Gasteiger partial charge in [-0.05, 0) is 31.1 Å². The van der Waals surface area contributed by atoms with Crippen molar-refractivity contribution in [2.24, 2.45) is 7.05 Å². The minimum atomic E-state index is 0.958. The van der Waals surface area contributed by atoms with Crippen LogP contribution in [0.15, 0.2) is 24.4 Å². The summed E-state index contributed by atoms with van der Waals surface area (Å²) in [6, 6.07) is 2.14. The monoisotopic (exact) mass is 158 g/mol. The smallest absolute Gasteiger partial charge is 0.0510 e. The summed E-state index contributed by atoms with van der Waals surface area (Å²) in [5, 5.41) is 0. The molecule has 0 unspecified atom stereocenters. The second-order valence-corrected chi connectivity index (χ2v) is 3.16. The van der Waals surface area contributed by atoms with Crippen LogP contribution in [-0.2, 0) is 7.05 Å². The second-order valence-electron chi connectivity index (χ2n) is 3.16. The number of hydrogen-bond acceptors (Lipinski definition) is 0. The van der Waals surface area contributed by atoms with Gasteiger partial charge in [0.1, 0.15) is 0 Å². The lowest BCUT2D eigenvalue weighted by molar-refractivity contribution is 0.906. The third-order valence-electron chi connectivity index (χ3n) is 2.22. The summed E-state index contributed by atoms with van der Waals surface area (Å²) in [7, 11) is 2.07. The van der Waals surface area contributed by atoms with Crippen LogP contribution in [0.4, 0.5) is 0 Å². The quantitative estimate of drug-likeness (QED) is 0.591. The molecule has 0 bridgehead atoms. The van der Waals surface area contributed by atoms with Crippen LogP contribution in [0.5, 0.6) is 0 Å². The molecule has 0 aliphatic heterocycles. The summed E-state index contributed by atoms with van der Waals surface area (Å²) in [4.78, 5) is 0. The van der Waals surface area contributed by atoms with Gasteiger partial charge in [-0.3, -0.25) is 0 Å². The maximum Gasteiger partial charge on any atom is 0.0510 e. The number of hydrogen-bond donors (Lipinski definition) is 0. The molecule has 12 heavy (non-hydrogen) atoms. The van der Waals surface area contributed by atoms with Gasteiger partial charge in [-0.25, -0.2) is 0 Å². The van der Waals surface area contributed by atoms with Gasteiger partial charge >= 0.3 is 0 Å². The fourth-order valence-electron chi connectivity index (χ4n) is 1.62. The van der Waals surface area contributed by atoms with E-state index in [1.165, 1.54) is 16.8 Å². The molecule has 2 rings (SSSR count). The predicted molar refractivity (Wildman–Crippen MR) is 50.6 cm³/mol. The Morgan fingerprint density at radius 3 is 2.83 bits per heavy atom. The SMILES string of the molecule is Cc1ccn(C)c1C1=[C]CC=C1. The van der Waals surface area contributed by atoms with Crippen molar-refractivity contribution in [3.8, 4) is 0 Å². The van der Waals surface area contributed by atoms with Crippen LogP contribution in [0.1, 0.15) is 17.7 Å². The lowest BCUT2D eigenvalue weighted by Crippen LogP contribution is -1.93. The van der Waals surface area contributed by atoms with Crippen LogP contribution in [-0.4, -0.2) is 4.57 Å². The normalized spacial score (nSPS) is 15.3. The summed E-state index contributed by atoms with van der Waals surface area (Å²) in [5.74, 6) is 0. The molecule has 1 aliphatic rings. The number of aryl methyl sites for hydroxylation is 2. The third kappa shape index (κ3) is 1.02. The molecule has 1 radical (unpaired) electrons. The topological polar surface area (TPSA) is 4.93 Å². The fourth-order valence-corrected chi connectivity index (χ4v) is 1.62. The first-order chi connectivity index (χ1) is 5.79. The van der Waals surface area contributed by atoms with Gasteiger partial charge in [0.2, 0.25) is 0 Å². The minimum Gasteiger partial charge on any atom is -0.350 e. The van der Waals surface area contributed by atoms with Crippen LogP contribution >= 0.6 is 0 Å². The molecule has 1 nitrogen and oxygen atoms in total. The Morgan fingerprint density at radius 1 is 1.50 bits per heavy atom. The Morgan fingerprint density at radius 2 is 2.33 bits per heavy atom. The van der Waals surface area contributed by atoms with Gasteiger partial charge in [-0.2, -0.15) is 0 Å². The zero-order valence-electron chi connectivity index (χ0n) is 7.46. The maximum absolute atomic E-state index is 3.33. The Labute approximate surface area is 73.0 Å². The van der Waals surface area contributed by atoms with E-state index < -0.39 is 0 Å². The van der Waals surface area contributed by atoms with Gasteiger partial charge in [0.25, 0.3) is 0 Å². The number of nitrogens with zero attached hydrogens (tertiary/aromatic N) is 1. The molecule has 1 heterocycles. The van der Waals surface area contributed by atoms with Crippen molar-refractivity contribution in [2.75, 3.05) is 0 Å². The average Bonchev–Trinajstić information content (AvgIpc) is 2.61. The molecule has 1 aromatic rings. The molecule has 0 N–H and O–H groups in total. The van der Waals surface area contributed by atoms with E-state index in [1.54, 1.807) is 0 Å². The third-order valence-corrected chi connectivity index (χ3v) is 2.22. The van der Waals surface area contributed by atoms with E-state index in [-0.39, 0.29) is 0 Å². The molecule has 0 spiro atoms. The average molecular weight is 158 g/mol.